The van der Waals surface area contributed by atoms with Gasteiger partial charge in [-0.3, -0.25) is 0 Å². The second kappa shape index (κ2) is 6.44. The highest BCUT2D eigenvalue weighted by atomic mass is 19.2. The quantitative estimate of drug-likeness (QED) is 0.887. The molecule has 0 aliphatic heterocycles. The summed E-state index contributed by atoms with van der Waals surface area (Å²) in [5, 5.41) is 10.0. The van der Waals surface area contributed by atoms with E-state index < -0.39 is 17.7 Å². The van der Waals surface area contributed by atoms with Gasteiger partial charge in [0.25, 0.3) is 0 Å². The summed E-state index contributed by atoms with van der Waals surface area (Å²) in [4.78, 5) is 2.07. The fourth-order valence-corrected chi connectivity index (χ4v) is 2.83. The average molecular weight is 269 g/mol. The Morgan fingerprint density at radius 3 is 2.58 bits per heavy atom. The van der Waals surface area contributed by atoms with Crippen LogP contribution in [0.1, 0.15) is 37.4 Å². The van der Waals surface area contributed by atoms with Crippen LogP contribution in [0.25, 0.3) is 0 Å². The van der Waals surface area contributed by atoms with E-state index in [0.717, 1.165) is 18.7 Å². The van der Waals surface area contributed by atoms with Crippen LogP contribution in [-0.4, -0.2) is 30.1 Å². The second-order valence-corrected chi connectivity index (χ2v) is 5.56. The van der Waals surface area contributed by atoms with E-state index in [-0.39, 0.29) is 0 Å². The number of hydrogen-bond acceptors (Lipinski definition) is 2. The summed E-state index contributed by atoms with van der Waals surface area (Å²) in [7, 11) is 1.96. The van der Waals surface area contributed by atoms with Crippen LogP contribution in [0.15, 0.2) is 18.2 Å². The Labute approximate surface area is 113 Å². The monoisotopic (exact) mass is 269 g/mol. The first-order valence-corrected chi connectivity index (χ1v) is 6.88. The summed E-state index contributed by atoms with van der Waals surface area (Å²) in [5.41, 5.74) is 0.428. The Balaban J connectivity index is 1.88. The van der Waals surface area contributed by atoms with Crippen LogP contribution in [0.3, 0.4) is 0 Å². The van der Waals surface area contributed by atoms with Crippen LogP contribution in [0.4, 0.5) is 8.78 Å². The SMILES string of the molecule is CN(CC1CCCC1)CC(O)c1ccc(F)c(F)c1. The lowest BCUT2D eigenvalue weighted by Crippen LogP contribution is -2.29. The van der Waals surface area contributed by atoms with Gasteiger partial charge in [-0.05, 0) is 43.5 Å². The smallest absolute Gasteiger partial charge is 0.159 e. The van der Waals surface area contributed by atoms with Gasteiger partial charge in [0.15, 0.2) is 11.6 Å². The second-order valence-electron chi connectivity index (χ2n) is 5.56. The Morgan fingerprint density at radius 2 is 1.95 bits per heavy atom. The molecule has 1 aliphatic rings. The summed E-state index contributed by atoms with van der Waals surface area (Å²) < 4.78 is 25.9. The zero-order chi connectivity index (χ0) is 13.8. The number of nitrogens with zero attached hydrogens (tertiary/aromatic N) is 1. The van der Waals surface area contributed by atoms with Gasteiger partial charge in [0.2, 0.25) is 0 Å². The largest absolute Gasteiger partial charge is 0.387 e. The van der Waals surface area contributed by atoms with Gasteiger partial charge in [-0.2, -0.15) is 0 Å². The van der Waals surface area contributed by atoms with Gasteiger partial charge in [0.1, 0.15) is 0 Å². The van der Waals surface area contributed by atoms with Gasteiger partial charge in [-0.15, -0.1) is 0 Å². The van der Waals surface area contributed by atoms with Gasteiger partial charge < -0.3 is 10.0 Å². The van der Waals surface area contributed by atoms with Crippen LogP contribution in [0.5, 0.6) is 0 Å². The van der Waals surface area contributed by atoms with Gasteiger partial charge in [0.05, 0.1) is 6.10 Å². The number of hydrogen-bond donors (Lipinski definition) is 1. The Kier molecular flexibility index (Phi) is 4.88. The van der Waals surface area contributed by atoms with E-state index in [9.17, 15) is 13.9 Å². The number of likely N-dealkylation sites (N-methyl/N-ethyl adjacent to an activating group) is 1. The fourth-order valence-electron chi connectivity index (χ4n) is 2.83. The van der Waals surface area contributed by atoms with E-state index in [0.29, 0.717) is 18.0 Å². The molecule has 0 amide bonds. The standard InChI is InChI=1S/C15H21F2NO/c1-18(9-11-4-2-3-5-11)10-15(19)12-6-7-13(16)14(17)8-12/h6-8,11,15,19H,2-5,9-10H2,1H3. The Hall–Kier alpha value is -1.00. The van der Waals surface area contributed by atoms with Crippen molar-refractivity contribution in [1.82, 2.24) is 4.90 Å². The number of aliphatic hydroxyl groups excluding tert-OH is 1. The number of rotatable bonds is 5. The van der Waals surface area contributed by atoms with Crippen LogP contribution in [0.2, 0.25) is 0 Å². The lowest BCUT2D eigenvalue weighted by atomic mass is 10.1. The minimum absolute atomic E-state index is 0.428. The third kappa shape index (κ3) is 3.98. The molecule has 1 atom stereocenters. The number of halogens is 2. The summed E-state index contributed by atoms with van der Waals surface area (Å²) in [6.45, 7) is 1.41. The molecule has 1 aromatic rings. The first-order chi connectivity index (χ1) is 9.06. The third-order valence-corrected chi connectivity index (χ3v) is 3.86. The molecule has 1 N–H and O–H groups in total. The van der Waals surface area contributed by atoms with E-state index in [1.165, 1.54) is 31.7 Å². The van der Waals surface area contributed by atoms with E-state index in [4.69, 9.17) is 0 Å². The van der Waals surface area contributed by atoms with Gasteiger partial charge in [-0.25, -0.2) is 8.78 Å². The molecule has 0 bridgehead atoms. The zero-order valence-electron chi connectivity index (χ0n) is 11.3. The zero-order valence-corrected chi connectivity index (χ0v) is 11.3. The molecule has 0 spiro atoms. The van der Waals surface area contributed by atoms with Crippen LogP contribution in [0, 0.1) is 17.6 Å². The molecule has 19 heavy (non-hydrogen) atoms. The molecule has 106 valence electrons. The predicted molar refractivity (Wildman–Crippen MR) is 70.8 cm³/mol. The van der Waals surface area contributed by atoms with Crippen molar-refractivity contribution in [2.24, 2.45) is 5.92 Å². The average Bonchev–Trinajstić information content (AvgIpc) is 2.85. The molecule has 0 radical (unpaired) electrons. The fraction of sp³-hybridized carbons (Fsp3) is 0.600. The highest BCUT2D eigenvalue weighted by Gasteiger charge is 2.19. The van der Waals surface area contributed by atoms with E-state index in [2.05, 4.69) is 4.90 Å². The first kappa shape index (κ1) is 14.4. The van der Waals surface area contributed by atoms with Crippen LogP contribution in [-0.2, 0) is 0 Å². The Bertz CT molecular complexity index is 419. The lowest BCUT2D eigenvalue weighted by Gasteiger charge is -2.23. The maximum absolute atomic E-state index is 13.1. The van der Waals surface area contributed by atoms with Gasteiger partial charge in [-0.1, -0.05) is 18.9 Å². The van der Waals surface area contributed by atoms with E-state index in [1.54, 1.807) is 0 Å². The maximum atomic E-state index is 13.1. The maximum Gasteiger partial charge on any atom is 0.159 e. The molecule has 4 heteroatoms. The summed E-state index contributed by atoms with van der Waals surface area (Å²) in [5.74, 6) is -1.08. The normalized spacial score (nSPS) is 18.2. The van der Waals surface area contributed by atoms with Crippen molar-refractivity contribution >= 4 is 0 Å². The van der Waals surface area contributed by atoms with Crippen molar-refractivity contribution in [2.75, 3.05) is 20.1 Å². The predicted octanol–water partition coefficient (Wildman–Crippen LogP) is 3.12. The van der Waals surface area contributed by atoms with Gasteiger partial charge >= 0.3 is 0 Å². The highest BCUT2D eigenvalue weighted by molar-refractivity contribution is 5.20. The molecule has 2 rings (SSSR count). The molecule has 1 aromatic carbocycles. The molecule has 1 unspecified atom stereocenters. The highest BCUT2D eigenvalue weighted by Crippen LogP contribution is 2.26. The van der Waals surface area contributed by atoms with Crippen molar-refractivity contribution in [3.63, 3.8) is 0 Å². The molecule has 1 saturated carbocycles. The molecule has 0 heterocycles. The Morgan fingerprint density at radius 1 is 1.26 bits per heavy atom. The minimum Gasteiger partial charge on any atom is -0.387 e. The summed E-state index contributed by atoms with van der Waals surface area (Å²) in [6.07, 6.45) is 4.33. The first-order valence-electron chi connectivity index (χ1n) is 6.88. The number of benzene rings is 1. The summed E-state index contributed by atoms with van der Waals surface area (Å²) in [6, 6.07) is 3.57. The molecule has 0 aromatic heterocycles. The van der Waals surface area contributed by atoms with E-state index >= 15 is 0 Å². The van der Waals surface area contributed by atoms with E-state index in [1.807, 2.05) is 7.05 Å². The summed E-state index contributed by atoms with van der Waals surface area (Å²) >= 11 is 0. The molecule has 2 nitrogen and oxygen atoms in total. The lowest BCUT2D eigenvalue weighted by molar-refractivity contribution is 0.118. The van der Waals surface area contributed by atoms with Crippen LogP contribution < -0.4 is 0 Å². The molecule has 1 aliphatic carbocycles. The molecule has 0 saturated heterocycles. The topological polar surface area (TPSA) is 23.5 Å². The number of aliphatic hydroxyl groups is 1. The minimum atomic E-state index is -0.907. The van der Waals surface area contributed by atoms with Crippen LogP contribution >= 0.6 is 0 Å². The third-order valence-electron chi connectivity index (χ3n) is 3.86. The molecule has 1 fully saturated rings. The van der Waals surface area contributed by atoms with Crippen molar-refractivity contribution in [3.05, 3.63) is 35.4 Å². The van der Waals surface area contributed by atoms with Crippen molar-refractivity contribution in [1.29, 1.82) is 0 Å². The van der Waals surface area contributed by atoms with Gasteiger partial charge in [0, 0.05) is 13.1 Å². The molecular formula is C15H21F2NO. The molecular weight excluding hydrogens is 248 g/mol. The van der Waals surface area contributed by atoms with Crippen molar-refractivity contribution < 1.29 is 13.9 Å². The van der Waals surface area contributed by atoms with Crippen molar-refractivity contribution in [3.8, 4) is 0 Å². The van der Waals surface area contributed by atoms with Crippen molar-refractivity contribution in [2.45, 2.75) is 31.8 Å².